The fourth-order valence-electron chi connectivity index (χ4n) is 1.28. The number of aromatic nitrogens is 2. The number of halogens is 1. The lowest BCUT2D eigenvalue weighted by Crippen LogP contribution is -2.12. The SMILES string of the molecule is Cc1nnc(C(N)c2cccc(Cl)c2)o1. The van der Waals surface area contributed by atoms with Crippen molar-refractivity contribution in [3.63, 3.8) is 0 Å². The van der Waals surface area contributed by atoms with Gasteiger partial charge in [-0.25, -0.2) is 0 Å². The van der Waals surface area contributed by atoms with Gasteiger partial charge in [0.05, 0.1) is 0 Å². The minimum absolute atomic E-state index is 0.398. The number of benzene rings is 1. The molecule has 4 nitrogen and oxygen atoms in total. The second-order valence-electron chi connectivity index (χ2n) is 3.19. The molecule has 15 heavy (non-hydrogen) atoms. The van der Waals surface area contributed by atoms with Crippen LogP contribution in [0.25, 0.3) is 0 Å². The van der Waals surface area contributed by atoms with Gasteiger partial charge in [-0.2, -0.15) is 0 Å². The molecule has 0 radical (unpaired) electrons. The van der Waals surface area contributed by atoms with Crippen LogP contribution in [0.1, 0.15) is 23.4 Å². The smallest absolute Gasteiger partial charge is 0.237 e. The molecule has 2 aromatic rings. The van der Waals surface area contributed by atoms with E-state index in [1.165, 1.54) is 0 Å². The second-order valence-corrected chi connectivity index (χ2v) is 3.63. The van der Waals surface area contributed by atoms with Crippen molar-refractivity contribution in [3.05, 3.63) is 46.6 Å². The van der Waals surface area contributed by atoms with E-state index in [4.69, 9.17) is 21.8 Å². The fraction of sp³-hybridized carbons (Fsp3) is 0.200. The van der Waals surface area contributed by atoms with Gasteiger partial charge in [-0.1, -0.05) is 23.7 Å². The third-order valence-electron chi connectivity index (χ3n) is 2.02. The molecular formula is C10H10ClN3O. The summed E-state index contributed by atoms with van der Waals surface area (Å²) in [5.41, 5.74) is 6.80. The van der Waals surface area contributed by atoms with E-state index in [-0.39, 0.29) is 0 Å². The lowest BCUT2D eigenvalue weighted by atomic mass is 10.1. The van der Waals surface area contributed by atoms with Crippen LogP contribution in [0.15, 0.2) is 28.7 Å². The van der Waals surface area contributed by atoms with Crippen molar-refractivity contribution in [2.45, 2.75) is 13.0 Å². The summed E-state index contributed by atoms with van der Waals surface area (Å²) in [5, 5.41) is 8.23. The van der Waals surface area contributed by atoms with Crippen molar-refractivity contribution >= 4 is 11.6 Å². The minimum Gasteiger partial charge on any atom is -0.424 e. The molecule has 1 aromatic carbocycles. The minimum atomic E-state index is -0.426. The molecular weight excluding hydrogens is 214 g/mol. The number of rotatable bonds is 2. The Kier molecular flexibility index (Phi) is 2.70. The highest BCUT2D eigenvalue weighted by atomic mass is 35.5. The van der Waals surface area contributed by atoms with Crippen LogP contribution in [0.3, 0.4) is 0 Å². The van der Waals surface area contributed by atoms with Gasteiger partial charge in [0, 0.05) is 11.9 Å². The molecule has 0 bridgehead atoms. The standard InChI is InChI=1S/C10H10ClN3O/c1-6-13-14-10(15-6)9(12)7-3-2-4-8(11)5-7/h2-5,9H,12H2,1H3. The summed E-state index contributed by atoms with van der Waals surface area (Å²) in [7, 11) is 0. The normalized spacial score (nSPS) is 12.7. The lowest BCUT2D eigenvalue weighted by molar-refractivity contribution is 0.450. The first-order chi connectivity index (χ1) is 7.16. The van der Waals surface area contributed by atoms with Crippen molar-refractivity contribution in [1.29, 1.82) is 0 Å². The zero-order chi connectivity index (χ0) is 10.8. The topological polar surface area (TPSA) is 64.9 Å². The highest BCUT2D eigenvalue weighted by Gasteiger charge is 2.15. The molecule has 5 heteroatoms. The zero-order valence-corrected chi connectivity index (χ0v) is 8.90. The van der Waals surface area contributed by atoms with Crippen LogP contribution < -0.4 is 5.73 Å². The summed E-state index contributed by atoms with van der Waals surface area (Å²) < 4.78 is 5.25. The number of hydrogen-bond acceptors (Lipinski definition) is 4. The molecule has 2 N–H and O–H groups in total. The number of hydrogen-bond donors (Lipinski definition) is 1. The molecule has 1 atom stereocenters. The molecule has 0 amide bonds. The molecule has 0 aliphatic heterocycles. The van der Waals surface area contributed by atoms with Crippen molar-refractivity contribution in [1.82, 2.24) is 10.2 Å². The molecule has 0 fully saturated rings. The van der Waals surface area contributed by atoms with Crippen molar-refractivity contribution in [3.8, 4) is 0 Å². The van der Waals surface area contributed by atoms with E-state index in [2.05, 4.69) is 10.2 Å². The summed E-state index contributed by atoms with van der Waals surface area (Å²) in [6.45, 7) is 1.72. The lowest BCUT2D eigenvalue weighted by Gasteiger charge is -2.06. The van der Waals surface area contributed by atoms with Gasteiger partial charge in [0.2, 0.25) is 11.8 Å². The Bertz CT molecular complexity index is 469. The largest absolute Gasteiger partial charge is 0.424 e. The van der Waals surface area contributed by atoms with Gasteiger partial charge in [0.15, 0.2) is 0 Å². The summed E-state index contributed by atoms with van der Waals surface area (Å²) >= 11 is 5.86. The molecule has 78 valence electrons. The predicted octanol–water partition coefficient (Wildman–Crippen LogP) is 2.08. The average Bonchev–Trinajstić information content (AvgIpc) is 2.64. The van der Waals surface area contributed by atoms with E-state index in [0.29, 0.717) is 16.8 Å². The summed E-state index contributed by atoms with van der Waals surface area (Å²) in [5.74, 6) is 0.900. The van der Waals surface area contributed by atoms with E-state index >= 15 is 0 Å². The van der Waals surface area contributed by atoms with E-state index in [0.717, 1.165) is 5.56 Å². The van der Waals surface area contributed by atoms with Crippen LogP contribution in [0.4, 0.5) is 0 Å². The summed E-state index contributed by atoms with van der Waals surface area (Å²) in [6.07, 6.45) is 0. The molecule has 0 spiro atoms. The molecule has 1 heterocycles. The maximum atomic E-state index is 5.94. The summed E-state index contributed by atoms with van der Waals surface area (Å²) in [6, 6.07) is 6.85. The van der Waals surface area contributed by atoms with Crippen molar-refractivity contribution in [2.24, 2.45) is 5.73 Å². The van der Waals surface area contributed by atoms with Gasteiger partial charge >= 0.3 is 0 Å². The molecule has 2 rings (SSSR count). The van der Waals surface area contributed by atoms with Crippen LogP contribution in [-0.4, -0.2) is 10.2 Å². The fourth-order valence-corrected chi connectivity index (χ4v) is 1.48. The van der Waals surface area contributed by atoms with Gasteiger partial charge in [-0.05, 0) is 17.7 Å². The van der Waals surface area contributed by atoms with Gasteiger partial charge in [-0.15, -0.1) is 10.2 Å². The first-order valence-corrected chi connectivity index (χ1v) is 4.85. The Labute approximate surface area is 92.1 Å². The van der Waals surface area contributed by atoms with Crippen molar-refractivity contribution < 1.29 is 4.42 Å². The second kappa shape index (κ2) is 4.00. The molecule has 0 aliphatic carbocycles. The van der Waals surface area contributed by atoms with Gasteiger partial charge in [-0.3, -0.25) is 0 Å². The first kappa shape index (κ1) is 10.1. The Balaban J connectivity index is 2.32. The molecule has 1 aromatic heterocycles. The highest BCUT2D eigenvalue weighted by Crippen LogP contribution is 2.20. The average molecular weight is 224 g/mol. The Hall–Kier alpha value is -1.39. The number of nitrogens with two attached hydrogens (primary N) is 1. The highest BCUT2D eigenvalue weighted by molar-refractivity contribution is 6.30. The van der Waals surface area contributed by atoms with Crippen LogP contribution in [0, 0.1) is 6.92 Å². The van der Waals surface area contributed by atoms with E-state index in [1.807, 2.05) is 12.1 Å². The van der Waals surface area contributed by atoms with Crippen LogP contribution in [0.5, 0.6) is 0 Å². The van der Waals surface area contributed by atoms with E-state index in [9.17, 15) is 0 Å². The molecule has 0 saturated carbocycles. The summed E-state index contributed by atoms with van der Waals surface area (Å²) in [4.78, 5) is 0. The number of nitrogens with zero attached hydrogens (tertiary/aromatic N) is 2. The van der Waals surface area contributed by atoms with E-state index in [1.54, 1.807) is 19.1 Å². The first-order valence-electron chi connectivity index (χ1n) is 4.48. The maximum absolute atomic E-state index is 5.94. The quantitative estimate of drug-likeness (QED) is 0.847. The van der Waals surface area contributed by atoms with Crippen LogP contribution in [0.2, 0.25) is 5.02 Å². The Morgan fingerprint density at radius 1 is 1.40 bits per heavy atom. The Morgan fingerprint density at radius 2 is 2.20 bits per heavy atom. The van der Waals surface area contributed by atoms with Crippen molar-refractivity contribution in [2.75, 3.05) is 0 Å². The van der Waals surface area contributed by atoms with E-state index < -0.39 is 6.04 Å². The molecule has 0 saturated heterocycles. The van der Waals surface area contributed by atoms with Gasteiger partial charge < -0.3 is 10.2 Å². The third kappa shape index (κ3) is 2.16. The molecule has 1 unspecified atom stereocenters. The monoisotopic (exact) mass is 223 g/mol. The van der Waals surface area contributed by atoms with Gasteiger partial charge in [0.25, 0.3) is 0 Å². The third-order valence-corrected chi connectivity index (χ3v) is 2.25. The number of aryl methyl sites for hydroxylation is 1. The predicted molar refractivity (Wildman–Crippen MR) is 56.5 cm³/mol. The van der Waals surface area contributed by atoms with Crippen LogP contribution >= 0.6 is 11.6 Å². The maximum Gasteiger partial charge on any atom is 0.237 e. The zero-order valence-electron chi connectivity index (χ0n) is 8.14. The van der Waals surface area contributed by atoms with Gasteiger partial charge in [0.1, 0.15) is 6.04 Å². The van der Waals surface area contributed by atoms with Crippen LogP contribution in [-0.2, 0) is 0 Å². The molecule has 0 aliphatic rings. The Morgan fingerprint density at radius 3 is 2.80 bits per heavy atom.